The number of hydrogen-bond donors (Lipinski definition) is 1. The fraction of sp³-hybridized carbons (Fsp3) is 0.222. The number of sulfonamides is 1. The van der Waals surface area contributed by atoms with Crippen molar-refractivity contribution in [1.29, 1.82) is 5.26 Å². The smallest absolute Gasteiger partial charge is 0.244 e. The maximum absolute atomic E-state index is 13.1. The van der Waals surface area contributed by atoms with E-state index < -0.39 is 10.0 Å². The number of rotatable bonds is 2. The van der Waals surface area contributed by atoms with Gasteiger partial charge in [0, 0.05) is 18.8 Å². The minimum atomic E-state index is -3.86. The van der Waals surface area contributed by atoms with Crippen LogP contribution in [0.25, 0.3) is 10.9 Å². The van der Waals surface area contributed by atoms with E-state index in [0.717, 1.165) is 5.69 Å². The van der Waals surface area contributed by atoms with Crippen LogP contribution in [0.5, 0.6) is 5.88 Å². The zero-order valence-electron chi connectivity index (χ0n) is 14.3. The molecule has 7 nitrogen and oxygen atoms in total. The first kappa shape index (κ1) is 17.8. The van der Waals surface area contributed by atoms with Crippen molar-refractivity contribution >= 4 is 32.5 Å². The largest absolute Gasteiger partial charge is 0.494 e. The molecule has 3 aromatic rings. The topological polar surface area (TPSA) is 99.2 Å². The molecule has 4 rings (SSSR count). The second kappa shape index (κ2) is 6.23. The Balaban J connectivity index is 1.78. The van der Waals surface area contributed by atoms with Crippen LogP contribution >= 0.6 is 11.6 Å². The van der Waals surface area contributed by atoms with E-state index in [0.29, 0.717) is 28.7 Å². The van der Waals surface area contributed by atoms with E-state index in [-0.39, 0.29) is 28.9 Å². The lowest BCUT2D eigenvalue weighted by molar-refractivity contribution is 0.318. The van der Waals surface area contributed by atoms with Crippen LogP contribution < -0.4 is 0 Å². The number of hydrogen-bond acceptors (Lipinski definition) is 5. The van der Waals surface area contributed by atoms with E-state index in [2.05, 4.69) is 4.98 Å². The zero-order valence-corrected chi connectivity index (χ0v) is 15.9. The van der Waals surface area contributed by atoms with Crippen molar-refractivity contribution in [3.8, 4) is 11.9 Å². The van der Waals surface area contributed by atoms with Gasteiger partial charge in [-0.3, -0.25) is 4.98 Å². The molecule has 0 radical (unpaired) electrons. The van der Waals surface area contributed by atoms with Gasteiger partial charge in [0.05, 0.1) is 39.8 Å². The highest BCUT2D eigenvalue weighted by Gasteiger charge is 2.33. The van der Waals surface area contributed by atoms with Crippen molar-refractivity contribution in [3.05, 3.63) is 52.3 Å². The van der Waals surface area contributed by atoms with Gasteiger partial charge < -0.3 is 9.67 Å². The second-order valence-electron chi connectivity index (χ2n) is 6.37. The van der Waals surface area contributed by atoms with Gasteiger partial charge in [0.2, 0.25) is 15.9 Å². The van der Waals surface area contributed by atoms with Crippen molar-refractivity contribution in [2.45, 2.75) is 24.9 Å². The molecule has 27 heavy (non-hydrogen) atoms. The Morgan fingerprint density at radius 1 is 1.26 bits per heavy atom. The first-order valence-electron chi connectivity index (χ1n) is 8.20. The van der Waals surface area contributed by atoms with Gasteiger partial charge in [-0.25, -0.2) is 8.42 Å². The Kier molecular flexibility index (Phi) is 4.11. The lowest BCUT2D eigenvalue weighted by atomic mass is 10.2. The number of nitriles is 1. The number of nitrogens with zero attached hydrogens (tertiary/aromatic N) is 4. The molecule has 0 aliphatic carbocycles. The Morgan fingerprint density at radius 2 is 2.04 bits per heavy atom. The van der Waals surface area contributed by atoms with Gasteiger partial charge in [-0.2, -0.15) is 9.57 Å². The van der Waals surface area contributed by atoms with Crippen LogP contribution in [0, 0.1) is 18.3 Å². The van der Waals surface area contributed by atoms with E-state index in [9.17, 15) is 13.5 Å². The fourth-order valence-electron chi connectivity index (χ4n) is 3.34. The third kappa shape index (κ3) is 2.75. The molecule has 1 aromatic carbocycles. The minimum Gasteiger partial charge on any atom is -0.494 e. The molecule has 0 amide bonds. The maximum atomic E-state index is 13.1. The normalized spacial score (nSPS) is 14.9. The third-order valence-electron chi connectivity index (χ3n) is 4.71. The summed E-state index contributed by atoms with van der Waals surface area (Å²) in [7, 11) is -3.86. The lowest BCUT2D eigenvalue weighted by Crippen LogP contribution is -2.38. The summed E-state index contributed by atoms with van der Waals surface area (Å²) in [6.45, 7) is 2.42. The molecule has 1 N–H and O–H groups in total. The van der Waals surface area contributed by atoms with E-state index in [1.807, 2.05) is 13.0 Å². The van der Waals surface area contributed by atoms with E-state index in [1.165, 1.54) is 22.5 Å². The summed E-state index contributed by atoms with van der Waals surface area (Å²) in [5.41, 5.74) is 2.32. The molecular formula is C18H15ClN4O3S. The SMILES string of the molecule is Cc1ccc2c(O)n3c(c2n1)CN(S(=O)(=O)c1ccc(C#N)cc1Cl)CC3. The Labute approximate surface area is 161 Å². The predicted molar refractivity (Wildman–Crippen MR) is 99.9 cm³/mol. The Hall–Kier alpha value is -2.60. The predicted octanol–water partition coefficient (Wildman–Crippen LogP) is 2.78. The first-order valence-corrected chi connectivity index (χ1v) is 10.0. The van der Waals surface area contributed by atoms with Gasteiger partial charge in [0.25, 0.3) is 0 Å². The summed E-state index contributed by atoms with van der Waals surface area (Å²) >= 11 is 6.12. The van der Waals surface area contributed by atoms with Gasteiger partial charge in [-0.05, 0) is 37.3 Å². The summed E-state index contributed by atoms with van der Waals surface area (Å²) in [5.74, 6) is 0.0981. The van der Waals surface area contributed by atoms with Crippen molar-refractivity contribution in [2.75, 3.05) is 6.54 Å². The number of fused-ring (bicyclic) bond motifs is 3. The Bertz CT molecular complexity index is 1230. The molecular weight excluding hydrogens is 388 g/mol. The summed E-state index contributed by atoms with van der Waals surface area (Å²) < 4.78 is 29.2. The number of benzene rings is 1. The average molecular weight is 403 g/mol. The standard InChI is InChI=1S/C18H15ClN4O3S/c1-11-2-4-13-17(21-11)15-10-22(6-7-23(15)18(13)24)27(25,26)16-5-3-12(9-20)8-14(16)19/h2-5,8,24H,6-7,10H2,1H3. The fourth-order valence-corrected chi connectivity index (χ4v) is 5.25. The van der Waals surface area contributed by atoms with Gasteiger partial charge in [-0.1, -0.05) is 11.6 Å². The molecule has 2 aromatic heterocycles. The summed E-state index contributed by atoms with van der Waals surface area (Å²) in [6, 6.07) is 9.64. The molecule has 0 unspecified atom stereocenters. The van der Waals surface area contributed by atoms with Crippen molar-refractivity contribution < 1.29 is 13.5 Å². The highest BCUT2D eigenvalue weighted by Crippen LogP contribution is 2.35. The van der Waals surface area contributed by atoms with Gasteiger partial charge in [-0.15, -0.1) is 0 Å². The third-order valence-corrected chi connectivity index (χ3v) is 7.04. The molecule has 0 bridgehead atoms. The molecule has 0 fully saturated rings. The van der Waals surface area contributed by atoms with Gasteiger partial charge >= 0.3 is 0 Å². The van der Waals surface area contributed by atoms with Crippen molar-refractivity contribution in [1.82, 2.24) is 13.9 Å². The first-order chi connectivity index (χ1) is 12.8. The maximum Gasteiger partial charge on any atom is 0.244 e. The summed E-state index contributed by atoms with van der Waals surface area (Å²) in [4.78, 5) is 4.43. The average Bonchev–Trinajstić information content (AvgIpc) is 2.92. The van der Waals surface area contributed by atoms with Crippen LogP contribution in [-0.2, 0) is 23.1 Å². The number of pyridine rings is 1. The van der Waals surface area contributed by atoms with Crippen LogP contribution in [0.1, 0.15) is 17.0 Å². The molecule has 9 heteroatoms. The molecule has 1 aliphatic rings. The number of aromatic nitrogens is 2. The second-order valence-corrected chi connectivity index (χ2v) is 8.68. The van der Waals surface area contributed by atoms with Crippen molar-refractivity contribution in [3.63, 3.8) is 0 Å². The number of aromatic hydroxyl groups is 1. The molecule has 0 saturated carbocycles. The van der Waals surface area contributed by atoms with Crippen LogP contribution in [0.4, 0.5) is 0 Å². The quantitative estimate of drug-likeness (QED) is 0.710. The molecule has 1 aliphatic heterocycles. The molecule has 0 saturated heterocycles. The lowest BCUT2D eigenvalue weighted by Gasteiger charge is -2.28. The summed E-state index contributed by atoms with van der Waals surface area (Å²) in [5, 5.41) is 20.0. The van der Waals surface area contributed by atoms with Crippen molar-refractivity contribution in [2.24, 2.45) is 0 Å². The van der Waals surface area contributed by atoms with E-state index >= 15 is 0 Å². The van der Waals surface area contributed by atoms with Gasteiger partial charge in [0.1, 0.15) is 4.90 Å². The summed E-state index contributed by atoms with van der Waals surface area (Å²) in [6.07, 6.45) is 0. The molecule has 3 heterocycles. The van der Waals surface area contributed by atoms with Gasteiger partial charge in [0.15, 0.2) is 0 Å². The number of halogens is 1. The minimum absolute atomic E-state index is 0.0108. The van der Waals surface area contributed by atoms with Crippen LogP contribution in [0.2, 0.25) is 5.02 Å². The zero-order chi connectivity index (χ0) is 19.3. The number of aryl methyl sites for hydroxylation is 1. The molecule has 0 spiro atoms. The molecule has 0 atom stereocenters. The highest BCUT2D eigenvalue weighted by atomic mass is 35.5. The Morgan fingerprint density at radius 3 is 2.74 bits per heavy atom. The van der Waals surface area contributed by atoms with Crippen LogP contribution in [0.3, 0.4) is 0 Å². The van der Waals surface area contributed by atoms with E-state index in [4.69, 9.17) is 16.9 Å². The highest BCUT2D eigenvalue weighted by molar-refractivity contribution is 7.89. The van der Waals surface area contributed by atoms with Crippen LogP contribution in [0.15, 0.2) is 35.2 Å². The van der Waals surface area contributed by atoms with E-state index in [1.54, 1.807) is 16.7 Å². The molecule has 138 valence electrons. The van der Waals surface area contributed by atoms with Crippen LogP contribution in [-0.4, -0.2) is 33.9 Å². The monoisotopic (exact) mass is 402 g/mol.